The fourth-order valence-corrected chi connectivity index (χ4v) is 7.49. The Balaban J connectivity index is 4.25. The maximum absolute atomic E-state index is 12.8. The molecule has 0 amide bonds. The molecule has 0 spiro atoms. The first kappa shape index (κ1) is 59.6. The molecule has 0 aromatic heterocycles. The lowest BCUT2D eigenvalue weighted by atomic mass is 10.1. The summed E-state index contributed by atoms with van der Waals surface area (Å²) in [6.07, 6.45) is 66.5. The van der Waals surface area contributed by atoms with Crippen LogP contribution in [0.25, 0.3) is 0 Å². The van der Waals surface area contributed by atoms with Gasteiger partial charge in [-0.05, 0) is 89.9 Å². The van der Waals surface area contributed by atoms with Crippen molar-refractivity contribution in [3.63, 3.8) is 0 Å². The fraction of sp³-hybridized carbons (Fsp3) is 0.789. The van der Waals surface area contributed by atoms with Gasteiger partial charge in [0.2, 0.25) is 0 Å². The maximum Gasteiger partial charge on any atom is 0.306 e. The first-order valence-electron chi connectivity index (χ1n) is 26.8. The van der Waals surface area contributed by atoms with E-state index in [-0.39, 0.29) is 25.2 Å². The summed E-state index contributed by atoms with van der Waals surface area (Å²) in [6.45, 7) is 7.76. The molecule has 0 radical (unpaired) electrons. The minimum absolute atomic E-state index is 0.0752. The van der Waals surface area contributed by atoms with Crippen molar-refractivity contribution in [2.75, 3.05) is 19.8 Å². The van der Waals surface area contributed by atoms with Crippen LogP contribution in [-0.4, -0.2) is 37.9 Å². The highest BCUT2D eigenvalue weighted by Gasteiger charge is 2.17. The van der Waals surface area contributed by atoms with Gasteiger partial charge in [-0.2, -0.15) is 0 Å². The second-order valence-electron chi connectivity index (χ2n) is 17.8. The van der Waals surface area contributed by atoms with E-state index in [0.717, 1.165) is 70.6 Å². The third-order valence-electron chi connectivity index (χ3n) is 11.5. The van der Waals surface area contributed by atoms with Crippen LogP contribution in [0.1, 0.15) is 265 Å². The summed E-state index contributed by atoms with van der Waals surface area (Å²) in [5.41, 5.74) is 0. The Hall–Kier alpha value is -2.40. The van der Waals surface area contributed by atoms with Crippen molar-refractivity contribution in [1.82, 2.24) is 0 Å². The molecule has 0 aromatic carbocycles. The second-order valence-corrected chi connectivity index (χ2v) is 17.8. The summed E-state index contributed by atoms with van der Waals surface area (Å²) in [5, 5.41) is 0. The number of carbonyl (C=O) groups excluding carboxylic acids is 2. The molecule has 0 fully saturated rings. The molecule has 0 aromatic rings. The van der Waals surface area contributed by atoms with Gasteiger partial charge in [-0.1, -0.05) is 223 Å². The zero-order chi connectivity index (χ0) is 44.9. The zero-order valence-corrected chi connectivity index (χ0v) is 41.4. The average molecular weight is 867 g/mol. The number of carbonyl (C=O) groups is 2. The van der Waals surface area contributed by atoms with Gasteiger partial charge in [-0.15, -0.1) is 0 Å². The van der Waals surface area contributed by atoms with Gasteiger partial charge < -0.3 is 14.2 Å². The lowest BCUT2D eigenvalue weighted by Crippen LogP contribution is -2.30. The number of hydrogen-bond acceptors (Lipinski definition) is 5. The molecule has 0 N–H and O–H groups in total. The lowest BCUT2D eigenvalue weighted by molar-refractivity contribution is -0.163. The normalized spacial score (nSPS) is 12.6. The molecular weight excluding hydrogens is 765 g/mol. The molecule has 0 aliphatic rings. The van der Waals surface area contributed by atoms with Crippen LogP contribution in [0, 0.1) is 0 Å². The van der Waals surface area contributed by atoms with E-state index < -0.39 is 6.10 Å². The van der Waals surface area contributed by atoms with Gasteiger partial charge in [-0.25, -0.2) is 0 Å². The lowest BCUT2D eigenvalue weighted by Gasteiger charge is -2.18. The Labute approximate surface area is 385 Å². The van der Waals surface area contributed by atoms with Gasteiger partial charge in [0.05, 0.1) is 6.61 Å². The number of esters is 2. The van der Waals surface area contributed by atoms with Crippen molar-refractivity contribution in [3.8, 4) is 0 Å². The Bertz CT molecular complexity index is 1070. The van der Waals surface area contributed by atoms with Crippen LogP contribution in [0.3, 0.4) is 0 Å². The van der Waals surface area contributed by atoms with E-state index in [0.29, 0.717) is 19.4 Å². The number of allylic oxidation sites excluding steroid dienone is 10. The Kier molecular flexibility index (Phi) is 50.9. The quantitative estimate of drug-likeness (QED) is 0.0346. The number of rotatable bonds is 49. The summed E-state index contributed by atoms with van der Waals surface area (Å²) in [6, 6.07) is 0. The number of hydrogen-bond donors (Lipinski definition) is 0. The first-order valence-corrected chi connectivity index (χ1v) is 26.8. The van der Waals surface area contributed by atoms with Crippen LogP contribution in [0.15, 0.2) is 60.8 Å². The molecule has 62 heavy (non-hydrogen) atoms. The highest BCUT2D eigenvalue weighted by atomic mass is 16.6. The van der Waals surface area contributed by atoms with E-state index in [2.05, 4.69) is 81.5 Å². The van der Waals surface area contributed by atoms with E-state index in [4.69, 9.17) is 14.2 Å². The fourth-order valence-electron chi connectivity index (χ4n) is 7.49. The van der Waals surface area contributed by atoms with Crippen LogP contribution in [0.5, 0.6) is 0 Å². The van der Waals surface area contributed by atoms with Gasteiger partial charge in [0.25, 0.3) is 0 Å². The molecule has 0 aliphatic heterocycles. The molecule has 0 saturated carbocycles. The smallest absolute Gasteiger partial charge is 0.306 e. The van der Waals surface area contributed by atoms with Crippen LogP contribution >= 0.6 is 0 Å². The standard InChI is InChI=1S/C57H102O5/c1-4-7-10-13-16-19-22-24-26-27-28-29-30-32-34-37-40-43-46-49-52-60-53-55(62-57(59)51-48-45-42-39-35-21-18-15-12-9-6-3)54-61-56(58)50-47-44-41-38-36-33-31-25-23-20-17-14-11-8-5-2/h16-17,19-20,24-26,28-29,31,55H,4-15,18,21-23,27,30,32-54H2,1-3H3/b19-16-,20-17-,26-24-,29-28-,31-25-. The van der Waals surface area contributed by atoms with Crippen molar-refractivity contribution >= 4 is 11.9 Å². The van der Waals surface area contributed by atoms with Crippen molar-refractivity contribution in [2.45, 2.75) is 271 Å². The monoisotopic (exact) mass is 867 g/mol. The van der Waals surface area contributed by atoms with Crippen LogP contribution in [0.2, 0.25) is 0 Å². The largest absolute Gasteiger partial charge is 0.462 e. The minimum Gasteiger partial charge on any atom is -0.462 e. The van der Waals surface area contributed by atoms with E-state index in [1.165, 1.54) is 161 Å². The Morgan fingerprint density at radius 1 is 0.355 bits per heavy atom. The predicted octanol–water partition coefficient (Wildman–Crippen LogP) is 18.1. The summed E-state index contributed by atoms with van der Waals surface area (Å²) < 4.78 is 17.4. The number of ether oxygens (including phenoxy) is 3. The molecule has 0 rings (SSSR count). The van der Waals surface area contributed by atoms with Crippen LogP contribution in [-0.2, 0) is 23.8 Å². The Morgan fingerprint density at radius 3 is 1.11 bits per heavy atom. The van der Waals surface area contributed by atoms with E-state index >= 15 is 0 Å². The van der Waals surface area contributed by atoms with E-state index in [1.54, 1.807) is 0 Å². The highest BCUT2D eigenvalue weighted by Crippen LogP contribution is 2.14. The van der Waals surface area contributed by atoms with Gasteiger partial charge >= 0.3 is 11.9 Å². The molecule has 5 heteroatoms. The second kappa shape index (κ2) is 52.9. The molecule has 0 aliphatic carbocycles. The summed E-state index contributed by atoms with van der Waals surface area (Å²) >= 11 is 0. The molecule has 0 heterocycles. The van der Waals surface area contributed by atoms with E-state index in [9.17, 15) is 9.59 Å². The third-order valence-corrected chi connectivity index (χ3v) is 11.5. The van der Waals surface area contributed by atoms with Crippen molar-refractivity contribution in [3.05, 3.63) is 60.8 Å². The number of unbranched alkanes of at least 4 members (excludes halogenated alkanes) is 28. The summed E-state index contributed by atoms with van der Waals surface area (Å²) in [7, 11) is 0. The molecule has 1 atom stereocenters. The van der Waals surface area contributed by atoms with Crippen molar-refractivity contribution in [2.24, 2.45) is 0 Å². The van der Waals surface area contributed by atoms with Gasteiger partial charge in [-0.3, -0.25) is 9.59 Å². The third kappa shape index (κ3) is 50.2. The Morgan fingerprint density at radius 2 is 0.677 bits per heavy atom. The molecule has 1 unspecified atom stereocenters. The van der Waals surface area contributed by atoms with Gasteiger partial charge in [0.1, 0.15) is 6.61 Å². The van der Waals surface area contributed by atoms with E-state index in [1.807, 2.05) is 0 Å². The molecule has 0 bridgehead atoms. The van der Waals surface area contributed by atoms with Gasteiger partial charge in [0, 0.05) is 19.4 Å². The zero-order valence-electron chi connectivity index (χ0n) is 41.4. The van der Waals surface area contributed by atoms with Crippen LogP contribution in [0.4, 0.5) is 0 Å². The molecular formula is C57H102O5. The molecule has 0 saturated heterocycles. The molecule has 5 nitrogen and oxygen atoms in total. The first-order chi connectivity index (χ1) is 30.6. The predicted molar refractivity (Wildman–Crippen MR) is 270 cm³/mol. The maximum atomic E-state index is 12.8. The summed E-state index contributed by atoms with van der Waals surface area (Å²) in [5.74, 6) is -0.412. The summed E-state index contributed by atoms with van der Waals surface area (Å²) in [4.78, 5) is 25.4. The molecule has 360 valence electrons. The van der Waals surface area contributed by atoms with Crippen molar-refractivity contribution < 1.29 is 23.8 Å². The topological polar surface area (TPSA) is 61.8 Å². The highest BCUT2D eigenvalue weighted by molar-refractivity contribution is 5.70. The SMILES string of the molecule is CCCCC/C=C\C/C=C\C/C=C\CCCCCCCCCOCC(COC(=O)CCCCCCC/C=C\C/C=C\CCCCC)OC(=O)CCCCCCCCCCCCC. The van der Waals surface area contributed by atoms with Crippen molar-refractivity contribution in [1.29, 1.82) is 0 Å². The average Bonchev–Trinajstić information content (AvgIpc) is 3.27. The van der Waals surface area contributed by atoms with Crippen LogP contribution < -0.4 is 0 Å². The van der Waals surface area contributed by atoms with Gasteiger partial charge in [0.15, 0.2) is 6.10 Å². The minimum atomic E-state index is -0.545.